The fourth-order valence-electron chi connectivity index (χ4n) is 1.73. The predicted molar refractivity (Wildman–Crippen MR) is 61.2 cm³/mol. The molecule has 0 spiro atoms. The highest BCUT2D eigenvalue weighted by molar-refractivity contribution is 5.91. The van der Waals surface area contributed by atoms with E-state index in [0.29, 0.717) is 25.0 Å². The number of nitrogens with zero attached hydrogens (tertiary/aromatic N) is 3. The summed E-state index contributed by atoms with van der Waals surface area (Å²) in [6.07, 6.45) is 5.05. The fourth-order valence-corrected chi connectivity index (χ4v) is 1.73. The van der Waals surface area contributed by atoms with E-state index < -0.39 is 5.97 Å². The van der Waals surface area contributed by atoms with E-state index in [1.807, 2.05) is 4.90 Å². The van der Waals surface area contributed by atoms with E-state index in [2.05, 4.69) is 9.97 Å². The van der Waals surface area contributed by atoms with E-state index in [1.54, 1.807) is 7.11 Å². The fraction of sp³-hybridized carbons (Fsp3) is 0.545. The summed E-state index contributed by atoms with van der Waals surface area (Å²) in [7, 11) is 1.62. The van der Waals surface area contributed by atoms with Crippen LogP contribution < -0.4 is 4.90 Å². The molecule has 1 aromatic rings. The van der Waals surface area contributed by atoms with Gasteiger partial charge in [0.05, 0.1) is 6.61 Å². The van der Waals surface area contributed by atoms with Crippen LogP contribution in [0.15, 0.2) is 12.4 Å². The summed E-state index contributed by atoms with van der Waals surface area (Å²) in [4.78, 5) is 21.1. The van der Waals surface area contributed by atoms with Crippen molar-refractivity contribution >= 4 is 11.8 Å². The van der Waals surface area contributed by atoms with E-state index in [0.717, 1.165) is 12.8 Å². The molecule has 0 saturated heterocycles. The highest BCUT2D eigenvalue weighted by Gasteiger charge is 2.32. The number of carboxylic acid groups (broad SMARTS) is 1. The largest absolute Gasteiger partial charge is 0.476 e. The van der Waals surface area contributed by atoms with Gasteiger partial charge < -0.3 is 14.7 Å². The summed E-state index contributed by atoms with van der Waals surface area (Å²) < 4.78 is 5.03. The summed E-state index contributed by atoms with van der Waals surface area (Å²) in [5, 5.41) is 9.08. The molecule has 1 aliphatic rings. The monoisotopic (exact) mass is 237 g/mol. The molecule has 1 aliphatic carbocycles. The summed E-state index contributed by atoms with van der Waals surface area (Å²) in [6.45, 7) is 1.19. The first-order valence-electron chi connectivity index (χ1n) is 5.54. The second kappa shape index (κ2) is 5.09. The topological polar surface area (TPSA) is 75.5 Å². The number of hydrogen-bond donors (Lipinski definition) is 1. The maximum Gasteiger partial charge on any atom is 0.358 e. The Hall–Kier alpha value is -1.69. The molecular formula is C11H15N3O3. The number of rotatable bonds is 6. The van der Waals surface area contributed by atoms with Crippen LogP contribution in [0.2, 0.25) is 0 Å². The first-order chi connectivity index (χ1) is 8.24. The molecule has 92 valence electrons. The van der Waals surface area contributed by atoms with Gasteiger partial charge in [-0.15, -0.1) is 0 Å². The lowest BCUT2D eigenvalue weighted by atomic mass is 10.3. The molecule has 1 fully saturated rings. The maximum atomic E-state index is 11.1. The van der Waals surface area contributed by atoms with Crippen molar-refractivity contribution in [1.29, 1.82) is 0 Å². The summed E-state index contributed by atoms with van der Waals surface area (Å²) in [6, 6.07) is 0.375. The molecule has 0 bridgehead atoms. The molecule has 0 atom stereocenters. The van der Waals surface area contributed by atoms with Crippen LogP contribution in [0.5, 0.6) is 0 Å². The van der Waals surface area contributed by atoms with E-state index in [9.17, 15) is 4.79 Å². The van der Waals surface area contributed by atoms with Crippen LogP contribution in [0.4, 0.5) is 5.82 Å². The quantitative estimate of drug-likeness (QED) is 0.788. The van der Waals surface area contributed by atoms with Gasteiger partial charge in [0, 0.05) is 32.1 Å². The SMILES string of the molecule is COCCN(c1nccnc1C(=O)O)C1CC1. The number of methoxy groups -OCH3 is 1. The van der Waals surface area contributed by atoms with Crippen molar-refractivity contribution < 1.29 is 14.6 Å². The average Bonchev–Trinajstić information content (AvgIpc) is 3.14. The lowest BCUT2D eigenvalue weighted by molar-refractivity contribution is 0.0690. The normalized spacial score (nSPS) is 14.6. The molecule has 6 heteroatoms. The van der Waals surface area contributed by atoms with Gasteiger partial charge in [-0.2, -0.15) is 0 Å². The Labute approximate surface area is 99.2 Å². The zero-order valence-electron chi connectivity index (χ0n) is 9.67. The number of aromatic carboxylic acids is 1. The third-order valence-corrected chi connectivity index (χ3v) is 2.68. The Balaban J connectivity index is 2.25. The molecule has 0 unspecified atom stereocenters. The first-order valence-corrected chi connectivity index (χ1v) is 5.54. The van der Waals surface area contributed by atoms with Gasteiger partial charge in [-0.05, 0) is 12.8 Å². The molecule has 1 saturated carbocycles. The zero-order valence-corrected chi connectivity index (χ0v) is 9.67. The van der Waals surface area contributed by atoms with E-state index in [-0.39, 0.29) is 5.69 Å². The van der Waals surface area contributed by atoms with Crippen molar-refractivity contribution in [2.75, 3.05) is 25.2 Å². The second-order valence-corrected chi connectivity index (χ2v) is 3.95. The van der Waals surface area contributed by atoms with Crippen LogP contribution in [0.25, 0.3) is 0 Å². The minimum absolute atomic E-state index is 0.00973. The highest BCUT2D eigenvalue weighted by atomic mass is 16.5. The Morgan fingerprint density at radius 3 is 2.82 bits per heavy atom. The summed E-state index contributed by atoms with van der Waals surface area (Å²) in [5.74, 6) is -0.601. The van der Waals surface area contributed by atoms with Gasteiger partial charge in [0.15, 0.2) is 11.5 Å². The van der Waals surface area contributed by atoms with Gasteiger partial charge in [-0.1, -0.05) is 0 Å². The minimum atomic E-state index is -1.05. The molecule has 0 aromatic carbocycles. The number of carbonyl (C=O) groups is 1. The van der Waals surface area contributed by atoms with Crippen molar-refractivity contribution in [3.05, 3.63) is 18.1 Å². The van der Waals surface area contributed by atoms with Gasteiger partial charge in [-0.3, -0.25) is 0 Å². The van der Waals surface area contributed by atoms with Crippen LogP contribution in [0, 0.1) is 0 Å². The summed E-state index contributed by atoms with van der Waals surface area (Å²) in [5.41, 5.74) is 0.00973. The minimum Gasteiger partial charge on any atom is -0.476 e. The number of aromatic nitrogens is 2. The van der Waals surface area contributed by atoms with Crippen LogP contribution in [0.1, 0.15) is 23.3 Å². The van der Waals surface area contributed by atoms with Gasteiger partial charge in [0.1, 0.15) is 0 Å². The van der Waals surface area contributed by atoms with E-state index >= 15 is 0 Å². The average molecular weight is 237 g/mol. The first kappa shape index (κ1) is 11.8. The highest BCUT2D eigenvalue weighted by Crippen LogP contribution is 2.31. The lowest BCUT2D eigenvalue weighted by Gasteiger charge is -2.23. The molecule has 0 amide bonds. The van der Waals surface area contributed by atoms with Gasteiger partial charge in [0.25, 0.3) is 0 Å². The van der Waals surface area contributed by atoms with Crippen molar-refractivity contribution in [2.45, 2.75) is 18.9 Å². The number of anilines is 1. The molecule has 6 nitrogen and oxygen atoms in total. The molecule has 1 N–H and O–H groups in total. The standard InChI is InChI=1S/C11H15N3O3/c1-17-7-6-14(8-2-3-8)10-9(11(15)16)12-4-5-13-10/h4-5,8H,2-3,6-7H2,1H3,(H,15,16). The molecule has 1 heterocycles. The molecule has 1 aromatic heterocycles. The van der Waals surface area contributed by atoms with Gasteiger partial charge in [0.2, 0.25) is 0 Å². The second-order valence-electron chi connectivity index (χ2n) is 3.95. The Morgan fingerprint density at radius 1 is 1.53 bits per heavy atom. The number of carboxylic acids is 1. The Morgan fingerprint density at radius 2 is 2.24 bits per heavy atom. The third kappa shape index (κ3) is 2.71. The van der Waals surface area contributed by atoms with Gasteiger partial charge in [-0.25, -0.2) is 14.8 Å². The van der Waals surface area contributed by atoms with Crippen molar-refractivity contribution in [2.24, 2.45) is 0 Å². The van der Waals surface area contributed by atoms with Crippen LogP contribution in [-0.2, 0) is 4.74 Å². The molecule has 0 radical (unpaired) electrons. The molecular weight excluding hydrogens is 222 g/mol. The number of ether oxygens (including phenoxy) is 1. The van der Waals surface area contributed by atoms with Crippen LogP contribution in [0.3, 0.4) is 0 Å². The smallest absolute Gasteiger partial charge is 0.358 e. The molecule has 2 rings (SSSR count). The van der Waals surface area contributed by atoms with Crippen molar-refractivity contribution in [1.82, 2.24) is 9.97 Å². The Bertz CT molecular complexity index is 407. The van der Waals surface area contributed by atoms with Crippen molar-refractivity contribution in [3.63, 3.8) is 0 Å². The van der Waals surface area contributed by atoms with Gasteiger partial charge >= 0.3 is 5.97 Å². The Kier molecular flexibility index (Phi) is 3.53. The van der Waals surface area contributed by atoms with Crippen LogP contribution >= 0.6 is 0 Å². The van der Waals surface area contributed by atoms with Crippen molar-refractivity contribution in [3.8, 4) is 0 Å². The third-order valence-electron chi connectivity index (χ3n) is 2.68. The predicted octanol–water partition coefficient (Wildman–Crippen LogP) is 0.790. The number of hydrogen-bond acceptors (Lipinski definition) is 5. The molecule has 17 heavy (non-hydrogen) atoms. The maximum absolute atomic E-state index is 11.1. The van der Waals surface area contributed by atoms with E-state index in [4.69, 9.17) is 9.84 Å². The van der Waals surface area contributed by atoms with E-state index in [1.165, 1.54) is 12.4 Å². The van der Waals surface area contributed by atoms with Crippen LogP contribution in [-0.4, -0.2) is 47.3 Å². The molecule has 0 aliphatic heterocycles. The lowest BCUT2D eigenvalue weighted by Crippen LogP contribution is -2.32. The summed E-state index contributed by atoms with van der Waals surface area (Å²) >= 11 is 0. The zero-order chi connectivity index (χ0) is 12.3.